The maximum absolute atomic E-state index is 11.0. The van der Waals surface area contributed by atoms with E-state index in [0.29, 0.717) is 0 Å². The van der Waals surface area contributed by atoms with E-state index in [9.17, 15) is 8.42 Å². The molecule has 0 spiro atoms. The van der Waals surface area contributed by atoms with Gasteiger partial charge in [-0.2, -0.15) is 0 Å². The summed E-state index contributed by atoms with van der Waals surface area (Å²) in [5.74, 6) is 0.524. The van der Waals surface area contributed by atoms with Crippen molar-refractivity contribution in [2.24, 2.45) is 5.92 Å². The summed E-state index contributed by atoms with van der Waals surface area (Å²) in [6, 6.07) is 0. The van der Waals surface area contributed by atoms with Gasteiger partial charge in [-0.3, -0.25) is 0 Å². The van der Waals surface area contributed by atoms with Crippen LogP contribution in [-0.2, 0) is 14.8 Å². The summed E-state index contributed by atoms with van der Waals surface area (Å²) in [5, 5.41) is 0. The highest BCUT2D eigenvalue weighted by Gasteiger charge is 2.32. The van der Waals surface area contributed by atoms with E-state index in [1.165, 1.54) is 7.05 Å². The number of sulfonamides is 1. The van der Waals surface area contributed by atoms with E-state index in [1.54, 1.807) is 7.11 Å². The summed E-state index contributed by atoms with van der Waals surface area (Å²) in [5.41, 5.74) is 0. The van der Waals surface area contributed by atoms with Crippen LogP contribution < -0.4 is 4.72 Å². The molecule has 0 radical (unpaired) electrons. The van der Waals surface area contributed by atoms with Crippen LogP contribution in [0.2, 0.25) is 0 Å². The van der Waals surface area contributed by atoms with Crippen molar-refractivity contribution in [1.29, 1.82) is 0 Å². The molecule has 12 heavy (non-hydrogen) atoms. The molecule has 0 unspecified atom stereocenters. The minimum Gasteiger partial charge on any atom is -0.381 e. The molecule has 1 saturated carbocycles. The van der Waals surface area contributed by atoms with E-state index >= 15 is 0 Å². The Hall–Kier alpha value is -0.130. The second-order valence-corrected chi connectivity index (χ2v) is 5.15. The zero-order chi connectivity index (χ0) is 9.19. The van der Waals surface area contributed by atoms with Crippen LogP contribution in [0, 0.1) is 5.92 Å². The topological polar surface area (TPSA) is 55.4 Å². The smallest absolute Gasteiger partial charge is 0.211 e. The molecule has 0 saturated heterocycles. The third-order valence-electron chi connectivity index (χ3n) is 2.29. The monoisotopic (exact) mass is 193 g/mol. The van der Waals surface area contributed by atoms with Crippen molar-refractivity contribution in [3.05, 3.63) is 0 Å². The van der Waals surface area contributed by atoms with Gasteiger partial charge in [0.25, 0.3) is 0 Å². The van der Waals surface area contributed by atoms with Crippen molar-refractivity contribution in [2.75, 3.05) is 19.9 Å². The third kappa shape index (κ3) is 2.43. The van der Waals surface area contributed by atoms with Gasteiger partial charge in [-0.1, -0.05) is 0 Å². The zero-order valence-electron chi connectivity index (χ0n) is 7.41. The molecule has 0 bridgehead atoms. The lowest BCUT2D eigenvalue weighted by atomic mass is 9.84. The molecule has 0 aromatic rings. The Labute approximate surface area is 73.3 Å². The second kappa shape index (κ2) is 3.72. The third-order valence-corrected chi connectivity index (χ3v) is 3.82. The highest BCUT2D eigenvalue weighted by atomic mass is 32.2. The van der Waals surface area contributed by atoms with E-state index in [0.717, 1.165) is 12.8 Å². The molecular weight excluding hydrogens is 178 g/mol. The molecule has 0 aromatic heterocycles. The number of rotatable bonds is 4. The van der Waals surface area contributed by atoms with Crippen molar-refractivity contribution >= 4 is 10.0 Å². The maximum Gasteiger partial charge on any atom is 0.211 e. The Morgan fingerprint density at radius 3 is 2.50 bits per heavy atom. The van der Waals surface area contributed by atoms with E-state index in [4.69, 9.17) is 4.74 Å². The van der Waals surface area contributed by atoms with Crippen LogP contribution in [0.25, 0.3) is 0 Å². The van der Waals surface area contributed by atoms with Crippen LogP contribution in [0.5, 0.6) is 0 Å². The summed E-state index contributed by atoms with van der Waals surface area (Å²) in [7, 11) is 0.0896. The Balaban J connectivity index is 2.28. The molecule has 1 rings (SSSR count). The largest absolute Gasteiger partial charge is 0.381 e. The molecule has 1 aliphatic rings. The molecule has 72 valence electrons. The number of ether oxygens (including phenoxy) is 1. The first-order valence-corrected chi connectivity index (χ1v) is 5.66. The van der Waals surface area contributed by atoms with Gasteiger partial charge in [-0.25, -0.2) is 13.1 Å². The van der Waals surface area contributed by atoms with Gasteiger partial charge in [0.15, 0.2) is 0 Å². The molecular formula is C7H15NO3S. The second-order valence-electron chi connectivity index (χ2n) is 3.18. The predicted molar refractivity (Wildman–Crippen MR) is 46.4 cm³/mol. The molecule has 0 aliphatic heterocycles. The Kier molecular flexibility index (Phi) is 3.09. The first kappa shape index (κ1) is 9.95. The van der Waals surface area contributed by atoms with E-state index in [2.05, 4.69) is 4.72 Å². The standard InChI is InChI=1S/C7H15NO3S/c1-8-12(9,10)5-6-3-7(4-6)11-2/h6-8H,3-5H2,1-2H3. The lowest BCUT2D eigenvalue weighted by molar-refractivity contribution is 0.00852. The molecule has 4 nitrogen and oxygen atoms in total. The van der Waals surface area contributed by atoms with Crippen LogP contribution >= 0.6 is 0 Å². The lowest BCUT2D eigenvalue weighted by Gasteiger charge is -2.33. The fourth-order valence-corrected chi connectivity index (χ4v) is 2.46. The van der Waals surface area contributed by atoms with Crippen molar-refractivity contribution in [1.82, 2.24) is 4.72 Å². The number of methoxy groups -OCH3 is 1. The van der Waals surface area contributed by atoms with E-state index in [1.807, 2.05) is 0 Å². The molecule has 1 fully saturated rings. The molecule has 0 atom stereocenters. The van der Waals surface area contributed by atoms with Crippen molar-refractivity contribution < 1.29 is 13.2 Å². The lowest BCUT2D eigenvalue weighted by Crippen LogP contribution is -2.37. The SMILES string of the molecule is CNS(=O)(=O)CC1CC(OC)C1. The zero-order valence-corrected chi connectivity index (χ0v) is 8.23. The minimum absolute atomic E-state index is 0.239. The molecule has 0 aromatic carbocycles. The van der Waals surface area contributed by atoms with Gasteiger partial charge >= 0.3 is 0 Å². The average Bonchev–Trinajstić information content (AvgIpc) is 1.96. The van der Waals surface area contributed by atoms with Gasteiger partial charge in [-0.15, -0.1) is 0 Å². The summed E-state index contributed by atoms with van der Waals surface area (Å²) >= 11 is 0. The van der Waals surface area contributed by atoms with E-state index in [-0.39, 0.29) is 17.8 Å². The van der Waals surface area contributed by atoms with Gasteiger partial charge in [0.1, 0.15) is 0 Å². The first-order chi connectivity index (χ1) is 5.57. The summed E-state index contributed by atoms with van der Waals surface area (Å²) < 4.78 is 29.4. The van der Waals surface area contributed by atoms with Gasteiger partial charge in [0, 0.05) is 7.11 Å². The van der Waals surface area contributed by atoms with Crippen molar-refractivity contribution in [2.45, 2.75) is 18.9 Å². The quantitative estimate of drug-likeness (QED) is 0.681. The summed E-state index contributed by atoms with van der Waals surface area (Å²) in [6.07, 6.45) is 2.02. The molecule has 0 amide bonds. The van der Waals surface area contributed by atoms with Crippen molar-refractivity contribution in [3.8, 4) is 0 Å². The molecule has 1 N–H and O–H groups in total. The number of hydrogen-bond acceptors (Lipinski definition) is 3. The van der Waals surface area contributed by atoms with E-state index < -0.39 is 10.0 Å². The van der Waals surface area contributed by atoms with Gasteiger partial charge in [-0.05, 0) is 25.8 Å². The minimum atomic E-state index is -3.02. The highest BCUT2D eigenvalue weighted by molar-refractivity contribution is 7.89. The molecule has 5 heteroatoms. The van der Waals surface area contributed by atoms with Crippen molar-refractivity contribution in [3.63, 3.8) is 0 Å². The predicted octanol–water partition coefficient (Wildman–Crippen LogP) is -0.0394. The fourth-order valence-electron chi connectivity index (χ4n) is 1.40. The highest BCUT2D eigenvalue weighted by Crippen LogP contribution is 2.30. The average molecular weight is 193 g/mol. The number of hydrogen-bond donors (Lipinski definition) is 1. The van der Waals surface area contributed by atoms with Crippen LogP contribution in [-0.4, -0.2) is 34.4 Å². The fraction of sp³-hybridized carbons (Fsp3) is 1.00. The van der Waals surface area contributed by atoms with Crippen LogP contribution in [0.4, 0.5) is 0 Å². The van der Waals surface area contributed by atoms with Crippen LogP contribution in [0.3, 0.4) is 0 Å². The Bertz CT molecular complexity index is 231. The normalized spacial score (nSPS) is 29.8. The first-order valence-electron chi connectivity index (χ1n) is 4.01. The summed E-state index contributed by atoms with van der Waals surface area (Å²) in [6.45, 7) is 0. The maximum atomic E-state index is 11.0. The van der Waals surface area contributed by atoms with Gasteiger partial charge in [0.05, 0.1) is 11.9 Å². The Morgan fingerprint density at radius 1 is 1.50 bits per heavy atom. The molecule has 0 heterocycles. The van der Waals surface area contributed by atoms with Gasteiger partial charge < -0.3 is 4.74 Å². The van der Waals surface area contributed by atoms with Crippen LogP contribution in [0.15, 0.2) is 0 Å². The van der Waals surface area contributed by atoms with Gasteiger partial charge in [0.2, 0.25) is 10.0 Å². The molecule has 1 aliphatic carbocycles. The summed E-state index contributed by atoms with van der Waals surface area (Å²) in [4.78, 5) is 0. The van der Waals surface area contributed by atoms with Crippen LogP contribution in [0.1, 0.15) is 12.8 Å². The number of nitrogens with one attached hydrogen (secondary N) is 1. The Morgan fingerprint density at radius 2 is 2.08 bits per heavy atom.